The van der Waals surface area contributed by atoms with E-state index in [-0.39, 0.29) is 0 Å². The van der Waals surface area contributed by atoms with E-state index in [1.165, 1.54) is 22.3 Å². The van der Waals surface area contributed by atoms with Crippen LogP contribution in [0.5, 0.6) is 0 Å². The first-order valence-electron chi connectivity index (χ1n) is 12.8. The molecule has 1 unspecified atom stereocenters. The van der Waals surface area contributed by atoms with Crippen LogP contribution in [0.1, 0.15) is 82.6 Å². The quantitative estimate of drug-likeness (QED) is 0.293. The van der Waals surface area contributed by atoms with Gasteiger partial charge in [0.2, 0.25) is 0 Å². The smallest absolute Gasteiger partial charge is 0.0889 e. The second-order valence-corrected chi connectivity index (χ2v) is 9.93. The summed E-state index contributed by atoms with van der Waals surface area (Å²) in [7, 11) is 0. The molecule has 0 aliphatic heterocycles. The standard InChI is InChI=1S/C31H38N2O/c1-7-17-31(6,34)27-20-33(25-15-13-24(14-16-25)21(4)5)29-19-32-28(18-26(27)29)30-22(8-2)11-10-12-23(30)9-3/h10-16,18-21,34H,7-9,17H2,1-6H3. The van der Waals surface area contributed by atoms with Crippen LogP contribution in [0.3, 0.4) is 0 Å². The van der Waals surface area contributed by atoms with Crippen LogP contribution >= 0.6 is 0 Å². The fourth-order valence-electron chi connectivity index (χ4n) is 5.12. The van der Waals surface area contributed by atoms with Crippen molar-refractivity contribution in [3.8, 4) is 16.9 Å². The number of benzene rings is 2. The summed E-state index contributed by atoms with van der Waals surface area (Å²) in [5.74, 6) is 0.493. The molecule has 34 heavy (non-hydrogen) atoms. The van der Waals surface area contributed by atoms with Crippen molar-refractivity contribution in [2.75, 3.05) is 0 Å². The van der Waals surface area contributed by atoms with E-state index < -0.39 is 5.60 Å². The SMILES string of the molecule is CCCC(C)(O)c1cn(-c2ccc(C(C)C)cc2)c2cnc(-c3c(CC)cccc3CC)cc12. The topological polar surface area (TPSA) is 38.0 Å². The summed E-state index contributed by atoms with van der Waals surface area (Å²) in [6, 6.07) is 17.5. The normalized spacial score (nSPS) is 13.5. The Morgan fingerprint density at radius 1 is 0.971 bits per heavy atom. The van der Waals surface area contributed by atoms with Gasteiger partial charge >= 0.3 is 0 Å². The lowest BCUT2D eigenvalue weighted by Gasteiger charge is -2.22. The summed E-state index contributed by atoms with van der Waals surface area (Å²) in [6.07, 6.45) is 7.65. The van der Waals surface area contributed by atoms with Crippen molar-refractivity contribution in [3.05, 3.63) is 83.2 Å². The van der Waals surface area contributed by atoms with E-state index in [0.29, 0.717) is 12.3 Å². The highest BCUT2D eigenvalue weighted by Gasteiger charge is 2.28. The Labute approximate surface area is 204 Å². The van der Waals surface area contributed by atoms with Crippen LogP contribution in [-0.4, -0.2) is 14.7 Å². The molecule has 2 heterocycles. The van der Waals surface area contributed by atoms with Crippen LogP contribution < -0.4 is 0 Å². The van der Waals surface area contributed by atoms with Crippen LogP contribution in [0.25, 0.3) is 27.8 Å². The molecule has 0 saturated carbocycles. The van der Waals surface area contributed by atoms with E-state index in [2.05, 4.69) is 93.9 Å². The van der Waals surface area contributed by atoms with E-state index in [1.54, 1.807) is 0 Å². The average molecular weight is 455 g/mol. The maximum Gasteiger partial charge on any atom is 0.0889 e. The van der Waals surface area contributed by atoms with Gasteiger partial charge in [0.05, 0.1) is 23.0 Å². The lowest BCUT2D eigenvalue weighted by molar-refractivity contribution is 0.0484. The van der Waals surface area contributed by atoms with E-state index in [4.69, 9.17) is 4.98 Å². The fraction of sp³-hybridized carbons (Fsp3) is 0.387. The van der Waals surface area contributed by atoms with Crippen molar-refractivity contribution in [1.82, 2.24) is 9.55 Å². The molecule has 4 rings (SSSR count). The minimum atomic E-state index is -0.910. The van der Waals surface area contributed by atoms with Crippen molar-refractivity contribution in [3.63, 3.8) is 0 Å². The predicted molar refractivity (Wildman–Crippen MR) is 144 cm³/mol. The molecule has 0 bridgehead atoms. The van der Waals surface area contributed by atoms with Gasteiger partial charge in [0.1, 0.15) is 0 Å². The van der Waals surface area contributed by atoms with Gasteiger partial charge in [-0.1, -0.05) is 71.4 Å². The number of fused-ring (bicyclic) bond motifs is 1. The van der Waals surface area contributed by atoms with Crippen molar-refractivity contribution < 1.29 is 5.11 Å². The molecule has 0 fully saturated rings. The maximum atomic E-state index is 11.5. The molecule has 0 saturated heterocycles. The number of hydrogen-bond donors (Lipinski definition) is 1. The zero-order chi connectivity index (χ0) is 24.5. The van der Waals surface area contributed by atoms with Crippen molar-refractivity contribution in [2.45, 2.75) is 78.7 Å². The number of hydrogen-bond acceptors (Lipinski definition) is 2. The second kappa shape index (κ2) is 9.76. The number of pyridine rings is 1. The first kappa shape index (κ1) is 24.2. The zero-order valence-corrected chi connectivity index (χ0v) is 21.5. The third-order valence-electron chi connectivity index (χ3n) is 7.10. The Morgan fingerprint density at radius 2 is 1.62 bits per heavy atom. The van der Waals surface area contributed by atoms with Gasteiger partial charge in [0, 0.05) is 28.4 Å². The number of aliphatic hydroxyl groups is 1. The molecule has 1 N–H and O–H groups in total. The van der Waals surface area contributed by atoms with E-state index in [0.717, 1.165) is 47.1 Å². The van der Waals surface area contributed by atoms with E-state index >= 15 is 0 Å². The summed E-state index contributed by atoms with van der Waals surface area (Å²) in [5, 5.41) is 12.6. The molecular formula is C31H38N2O. The highest BCUT2D eigenvalue weighted by Crippen LogP contribution is 2.38. The third kappa shape index (κ3) is 4.42. The number of rotatable bonds is 8. The van der Waals surface area contributed by atoms with E-state index in [1.807, 2.05) is 13.1 Å². The van der Waals surface area contributed by atoms with Gasteiger partial charge in [-0.05, 0) is 67.0 Å². The van der Waals surface area contributed by atoms with Gasteiger partial charge in [-0.15, -0.1) is 0 Å². The largest absolute Gasteiger partial charge is 0.385 e. The van der Waals surface area contributed by atoms with Crippen LogP contribution in [0.15, 0.2) is 60.9 Å². The van der Waals surface area contributed by atoms with Crippen molar-refractivity contribution >= 4 is 10.9 Å². The number of aryl methyl sites for hydroxylation is 2. The molecule has 1 atom stereocenters. The zero-order valence-electron chi connectivity index (χ0n) is 21.5. The Kier molecular flexibility index (Phi) is 6.95. The second-order valence-electron chi connectivity index (χ2n) is 9.93. The monoisotopic (exact) mass is 454 g/mol. The molecule has 0 radical (unpaired) electrons. The summed E-state index contributed by atoms with van der Waals surface area (Å²) >= 11 is 0. The first-order valence-corrected chi connectivity index (χ1v) is 12.8. The van der Waals surface area contributed by atoms with Gasteiger partial charge in [0.15, 0.2) is 0 Å². The fourth-order valence-corrected chi connectivity index (χ4v) is 5.12. The van der Waals surface area contributed by atoms with Gasteiger partial charge in [-0.3, -0.25) is 4.98 Å². The Hall–Kier alpha value is -2.91. The van der Waals surface area contributed by atoms with Crippen LogP contribution in [-0.2, 0) is 18.4 Å². The van der Waals surface area contributed by atoms with Crippen LogP contribution in [0, 0.1) is 0 Å². The van der Waals surface area contributed by atoms with Crippen LogP contribution in [0.2, 0.25) is 0 Å². The molecule has 0 spiro atoms. The van der Waals surface area contributed by atoms with Crippen molar-refractivity contribution in [2.24, 2.45) is 0 Å². The lowest BCUT2D eigenvalue weighted by atomic mass is 9.90. The first-order chi connectivity index (χ1) is 16.3. The van der Waals surface area contributed by atoms with Gasteiger partial charge in [-0.25, -0.2) is 0 Å². The Morgan fingerprint density at radius 3 is 2.18 bits per heavy atom. The molecule has 4 aromatic rings. The predicted octanol–water partition coefficient (Wildman–Crippen LogP) is 7.95. The molecule has 0 amide bonds. The molecule has 0 aliphatic rings. The van der Waals surface area contributed by atoms with Gasteiger partial charge in [0.25, 0.3) is 0 Å². The minimum Gasteiger partial charge on any atom is -0.385 e. The van der Waals surface area contributed by atoms with Crippen molar-refractivity contribution in [1.29, 1.82) is 0 Å². The number of aromatic nitrogens is 2. The van der Waals surface area contributed by atoms with Gasteiger partial charge in [-0.2, -0.15) is 0 Å². The Bertz CT molecular complexity index is 1260. The highest BCUT2D eigenvalue weighted by molar-refractivity contribution is 5.89. The molecule has 2 aromatic heterocycles. The van der Waals surface area contributed by atoms with Gasteiger partial charge < -0.3 is 9.67 Å². The summed E-state index contributed by atoms with van der Waals surface area (Å²) in [6.45, 7) is 12.9. The minimum absolute atomic E-state index is 0.493. The molecule has 2 aromatic carbocycles. The lowest BCUT2D eigenvalue weighted by Crippen LogP contribution is -2.20. The Balaban J connectivity index is 1.96. The molecule has 3 nitrogen and oxygen atoms in total. The van der Waals surface area contributed by atoms with E-state index in [9.17, 15) is 5.11 Å². The summed E-state index contributed by atoms with van der Waals surface area (Å²) in [4.78, 5) is 4.97. The summed E-state index contributed by atoms with van der Waals surface area (Å²) < 4.78 is 2.18. The molecule has 3 heteroatoms. The summed E-state index contributed by atoms with van der Waals surface area (Å²) in [5.41, 5.74) is 8.36. The highest BCUT2D eigenvalue weighted by atomic mass is 16.3. The third-order valence-corrected chi connectivity index (χ3v) is 7.10. The maximum absolute atomic E-state index is 11.5. The molecular weight excluding hydrogens is 416 g/mol. The number of nitrogens with zero attached hydrogens (tertiary/aromatic N) is 2. The molecule has 0 aliphatic carbocycles. The average Bonchev–Trinajstić information content (AvgIpc) is 3.23. The molecule has 178 valence electrons. The van der Waals surface area contributed by atoms with Crippen LogP contribution in [0.4, 0.5) is 0 Å².